The number of aryl methyl sites for hydroxylation is 2. The summed E-state index contributed by atoms with van der Waals surface area (Å²) in [6.07, 6.45) is 6.28. The lowest BCUT2D eigenvalue weighted by atomic mass is 10.3. The van der Waals surface area contributed by atoms with Crippen LogP contribution in [0.4, 0.5) is 11.6 Å². The second-order valence-corrected chi connectivity index (χ2v) is 11.8. The third-order valence-corrected chi connectivity index (χ3v) is 6.08. The van der Waals surface area contributed by atoms with Gasteiger partial charge in [-0.3, -0.25) is 9.59 Å². The van der Waals surface area contributed by atoms with Gasteiger partial charge in [-0.2, -0.15) is 0 Å². The van der Waals surface area contributed by atoms with E-state index < -0.39 is 0 Å². The van der Waals surface area contributed by atoms with Crippen LogP contribution < -0.4 is 19.9 Å². The zero-order chi connectivity index (χ0) is 28.9. The van der Waals surface area contributed by atoms with Gasteiger partial charge in [0.2, 0.25) is 11.8 Å². The van der Waals surface area contributed by atoms with Gasteiger partial charge < -0.3 is 24.3 Å². The first-order chi connectivity index (χ1) is 18.4. The third-order valence-electron chi connectivity index (χ3n) is 6.08. The van der Waals surface area contributed by atoms with Gasteiger partial charge in [0, 0.05) is 31.0 Å². The largest absolute Gasteiger partial charge is 0.497 e. The lowest BCUT2D eigenvalue weighted by Crippen LogP contribution is -2.39. The van der Waals surface area contributed by atoms with Crippen molar-refractivity contribution in [3.8, 4) is 5.75 Å². The lowest BCUT2D eigenvalue weighted by Gasteiger charge is -2.23. The minimum Gasteiger partial charge on any atom is -0.497 e. The summed E-state index contributed by atoms with van der Waals surface area (Å²) in [4.78, 5) is 24.9. The summed E-state index contributed by atoms with van der Waals surface area (Å²) in [7, 11) is 14.5. The van der Waals surface area contributed by atoms with E-state index in [1.165, 1.54) is 0 Å². The molecule has 11 heteroatoms. The van der Waals surface area contributed by atoms with Crippen LogP contribution in [0.25, 0.3) is 0 Å². The molecule has 0 aliphatic rings. The average Bonchev–Trinajstić information content (AvgIpc) is 3.26. The first-order valence-electron chi connectivity index (χ1n) is 13.6. The number of quaternary nitrogens is 2. The number of hydrogen-bond donors (Lipinski definition) is 2. The Morgan fingerprint density at radius 1 is 0.872 bits per heavy atom. The molecule has 0 aliphatic carbocycles. The SMILES string of the molecule is COc1ccc(N=Nc2n(CCC(=O)NCCC[N+](C)(C)C)cc[n+]2CCC(=O)NCCC[N+](C)(C)C)cc1. The first-order valence-corrected chi connectivity index (χ1v) is 13.6. The van der Waals surface area contributed by atoms with E-state index >= 15 is 0 Å². The second-order valence-electron chi connectivity index (χ2n) is 11.8. The number of imidazole rings is 1. The van der Waals surface area contributed by atoms with Crippen molar-refractivity contribution < 1.29 is 27.9 Å². The molecule has 39 heavy (non-hydrogen) atoms. The molecule has 2 amide bonds. The van der Waals surface area contributed by atoms with Crippen LogP contribution in [0, 0.1) is 0 Å². The fourth-order valence-corrected chi connectivity index (χ4v) is 3.86. The number of aromatic nitrogens is 2. The number of ether oxygens (including phenoxy) is 1. The Morgan fingerprint density at radius 3 is 1.97 bits per heavy atom. The highest BCUT2D eigenvalue weighted by Gasteiger charge is 2.19. The molecule has 0 radical (unpaired) electrons. The summed E-state index contributed by atoms with van der Waals surface area (Å²) in [5, 5.41) is 14.9. The smallest absolute Gasteiger partial charge is 0.421 e. The summed E-state index contributed by atoms with van der Waals surface area (Å²) in [5.74, 6) is 1.33. The Balaban J connectivity index is 2.01. The summed E-state index contributed by atoms with van der Waals surface area (Å²) < 4.78 is 10.8. The molecule has 0 saturated heterocycles. The highest BCUT2D eigenvalue weighted by atomic mass is 16.5. The maximum absolute atomic E-state index is 12.4. The molecular weight excluding hydrogens is 496 g/mol. The molecule has 0 unspecified atom stereocenters. The van der Waals surface area contributed by atoms with Crippen molar-refractivity contribution in [2.24, 2.45) is 10.2 Å². The van der Waals surface area contributed by atoms with Crippen LogP contribution in [0.1, 0.15) is 25.7 Å². The third kappa shape index (κ3) is 13.4. The Bertz CT molecular complexity index is 1010. The highest BCUT2D eigenvalue weighted by Crippen LogP contribution is 2.20. The Morgan fingerprint density at radius 2 is 1.44 bits per heavy atom. The van der Waals surface area contributed by atoms with Gasteiger partial charge in [-0.05, 0) is 24.3 Å². The zero-order valence-electron chi connectivity index (χ0n) is 24.9. The molecular formula is C28H49N8O3+3. The Labute approximate surface area is 233 Å². The number of carbonyl (C=O) groups is 2. The molecule has 1 aromatic carbocycles. The van der Waals surface area contributed by atoms with Crippen molar-refractivity contribution in [3.05, 3.63) is 36.7 Å². The zero-order valence-corrected chi connectivity index (χ0v) is 24.9. The van der Waals surface area contributed by atoms with Crippen molar-refractivity contribution >= 4 is 23.5 Å². The molecule has 0 spiro atoms. The molecule has 1 heterocycles. The molecule has 0 bridgehead atoms. The van der Waals surface area contributed by atoms with Crippen molar-refractivity contribution in [1.29, 1.82) is 0 Å². The van der Waals surface area contributed by atoms with Gasteiger partial charge >= 0.3 is 5.95 Å². The van der Waals surface area contributed by atoms with E-state index in [0.717, 1.165) is 40.6 Å². The van der Waals surface area contributed by atoms with Crippen LogP contribution in [-0.4, -0.2) is 101 Å². The van der Waals surface area contributed by atoms with Crippen LogP contribution in [0.3, 0.4) is 0 Å². The topological polar surface area (TPSA) is 101 Å². The molecule has 11 nitrogen and oxygen atoms in total. The number of methoxy groups -OCH3 is 1. The standard InChI is InChI=1S/C28H47N8O3/c1-35(2,3)22-8-16-29-26(37)14-18-33-20-21-34(19-15-27(38)30-17-9-23-36(4,5)6)28(33)32-31-24-10-12-25(39-7)13-11-24/h10-13,20-21H,8-9,14-19,22-23H2,1-7H3/q+1/p+2. The molecule has 216 valence electrons. The first kappa shape index (κ1) is 31.9. The van der Waals surface area contributed by atoms with E-state index in [-0.39, 0.29) is 11.8 Å². The van der Waals surface area contributed by atoms with Crippen LogP contribution >= 0.6 is 0 Å². The van der Waals surface area contributed by atoms with E-state index in [9.17, 15) is 9.59 Å². The predicted octanol–water partition coefficient (Wildman–Crippen LogP) is 2.40. The minimum atomic E-state index is 0.00274. The van der Waals surface area contributed by atoms with Crippen molar-refractivity contribution in [1.82, 2.24) is 15.2 Å². The quantitative estimate of drug-likeness (QED) is 0.138. The number of amides is 2. The van der Waals surface area contributed by atoms with Gasteiger partial charge in [0.15, 0.2) is 0 Å². The number of carbonyl (C=O) groups excluding carboxylic acids is 2. The van der Waals surface area contributed by atoms with Gasteiger partial charge in [0.25, 0.3) is 0 Å². The lowest BCUT2D eigenvalue weighted by molar-refractivity contribution is -0.870. The number of azo groups is 1. The van der Waals surface area contributed by atoms with Crippen LogP contribution in [0.2, 0.25) is 0 Å². The maximum atomic E-state index is 12.4. The number of benzene rings is 1. The second kappa shape index (κ2) is 15.3. The predicted molar refractivity (Wildman–Crippen MR) is 152 cm³/mol. The number of nitrogens with one attached hydrogen (secondary N) is 2. The molecule has 2 rings (SSSR count). The van der Waals surface area contributed by atoms with E-state index in [0.29, 0.717) is 50.7 Å². The fraction of sp³-hybridized carbons (Fsp3) is 0.607. The minimum absolute atomic E-state index is 0.00274. The monoisotopic (exact) mass is 545 g/mol. The Kier molecular flexibility index (Phi) is 12.5. The summed E-state index contributed by atoms with van der Waals surface area (Å²) in [6, 6.07) is 7.31. The van der Waals surface area contributed by atoms with Gasteiger partial charge in [-0.15, -0.1) is 0 Å². The van der Waals surface area contributed by atoms with Crippen molar-refractivity contribution in [2.75, 3.05) is 75.6 Å². The molecule has 0 aliphatic heterocycles. The normalized spacial score (nSPS) is 12.1. The van der Waals surface area contributed by atoms with E-state index in [4.69, 9.17) is 4.74 Å². The molecule has 1 aromatic heterocycles. The van der Waals surface area contributed by atoms with E-state index in [2.05, 4.69) is 63.1 Å². The van der Waals surface area contributed by atoms with E-state index in [1.54, 1.807) is 7.11 Å². The molecule has 0 fully saturated rings. The number of hydrogen-bond acceptors (Lipinski definition) is 5. The summed E-state index contributed by atoms with van der Waals surface area (Å²) in [6.45, 7) is 4.24. The number of nitrogens with zero attached hydrogens (tertiary/aromatic N) is 6. The van der Waals surface area contributed by atoms with Gasteiger partial charge in [-0.1, -0.05) is 5.11 Å². The van der Waals surface area contributed by atoms with Crippen molar-refractivity contribution in [2.45, 2.75) is 38.8 Å². The van der Waals surface area contributed by atoms with Crippen LogP contribution in [0.5, 0.6) is 5.75 Å². The molecule has 2 N–H and O–H groups in total. The number of rotatable bonds is 17. The summed E-state index contributed by atoms with van der Waals surface area (Å²) >= 11 is 0. The fourth-order valence-electron chi connectivity index (χ4n) is 3.86. The molecule has 2 aromatic rings. The van der Waals surface area contributed by atoms with Crippen LogP contribution in [0.15, 0.2) is 46.9 Å². The van der Waals surface area contributed by atoms with E-state index in [1.807, 2.05) is 45.8 Å². The highest BCUT2D eigenvalue weighted by molar-refractivity contribution is 5.76. The van der Waals surface area contributed by atoms with Gasteiger partial charge in [0.05, 0.1) is 101 Å². The maximum Gasteiger partial charge on any atom is 0.421 e. The molecule has 0 saturated carbocycles. The van der Waals surface area contributed by atoms with Crippen molar-refractivity contribution in [3.63, 3.8) is 0 Å². The summed E-state index contributed by atoms with van der Waals surface area (Å²) in [5.41, 5.74) is 0.681. The average molecular weight is 546 g/mol. The van der Waals surface area contributed by atoms with Gasteiger partial charge in [-0.25, -0.2) is 9.13 Å². The van der Waals surface area contributed by atoms with Gasteiger partial charge in [0.1, 0.15) is 11.4 Å². The molecule has 0 atom stereocenters. The Hall–Kier alpha value is -3.31. The van der Waals surface area contributed by atoms with Crippen LogP contribution in [-0.2, 0) is 22.7 Å².